The number of hydrogen-bond acceptors (Lipinski definition) is 5. The molecule has 1 amide bonds. The van der Waals surface area contributed by atoms with Crippen LogP contribution in [-0.2, 0) is 11.2 Å². The molecule has 0 aromatic heterocycles. The summed E-state index contributed by atoms with van der Waals surface area (Å²) in [4.78, 5) is 12.0. The monoisotopic (exact) mass is 294 g/mol. The lowest BCUT2D eigenvalue weighted by Crippen LogP contribution is -2.44. The molecule has 1 unspecified atom stereocenters. The Labute approximate surface area is 124 Å². The highest BCUT2D eigenvalue weighted by molar-refractivity contribution is 5.78. The van der Waals surface area contributed by atoms with E-state index in [1.807, 2.05) is 6.07 Å². The first kappa shape index (κ1) is 15.6. The topological polar surface area (TPSA) is 79.8 Å². The summed E-state index contributed by atoms with van der Waals surface area (Å²) in [5.41, 5.74) is 0.00876. The molecule has 0 saturated carbocycles. The predicted molar refractivity (Wildman–Crippen MR) is 78.7 cm³/mol. The smallest absolute Gasteiger partial charge is 0.224 e. The highest BCUT2D eigenvalue weighted by atomic mass is 16.5. The van der Waals surface area contributed by atoms with Crippen LogP contribution < -0.4 is 20.1 Å². The molecule has 1 atom stereocenters. The number of β-amino-alcohol motifs (C(OH)–C–C–N with tert-alkyl or cyclic N) is 1. The van der Waals surface area contributed by atoms with Crippen molar-refractivity contribution in [1.29, 1.82) is 0 Å². The van der Waals surface area contributed by atoms with Gasteiger partial charge >= 0.3 is 0 Å². The molecule has 1 aliphatic heterocycles. The van der Waals surface area contributed by atoms with Crippen molar-refractivity contribution in [2.75, 3.05) is 33.9 Å². The Balaban J connectivity index is 1.90. The number of rotatable bonds is 6. The minimum Gasteiger partial charge on any atom is -0.493 e. The summed E-state index contributed by atoms with van der Waals surface area (Å²) in [6.45, 7) is 1.57. The third-order valence-electron chi connectivity index (χ3n) is 3.65. The average molecular weight is 294 g/mol. The Morgan fingerprint density at radius 1 is 1.38 bits per heavy atom. The number of nitrogens with one attached hydrogen (secondary N) is 2. The van der Waals surface area contributed by atoms with Crippen molar-refractivity contribution in [3.8, 4) is 11.5 Å². The van der Waals surface area contributed by atoms with Crippen LogP contribution in [0.25, 0.3) is 0 Å². The number of aliphatic hydroxyl groups is 1. The lowest BCUT2D eigenvalue weighted by atomic mass is 10.0. The summed E-state index contributed by atoms with van der Waals surface area (Å²) >= 11 is 0. The molecule has 1 aliphatic rings. The van der Waals surface area contributed by atoms with Crippen molar-refractivity contribution in [3.63, 3.8) is 0 Å². The molecule has 2 rings (SSSR count). The quantitative estimate of drug-likeness (QED) is 0.693. The fourth-order valence-electron chi connectivity index (χ4n) is 2.38. The van der Waals surface area contributed by atoms with Gasteiger partial charge in [0, 0.05) is 13.1 Å². The van der Waals surface area contributed by atoms with Crippen LogP contribution in [0.2, 0.25) is 0 Å². The highest BCUT2D eigenvalue weighted by Gasteiger charge is 2.31. The van der Waals surface area contributed by atoms with Gasteiger partial charge in [-0.1, -0.05) is 6.07 Å². The van der Waals surface area contributed by atoms with Gasteiger partial charge in [0.15, 0.2) is 11.5 Å². The van der Waals surface area contributed by atoms with Crippen molar-refractivity contribution in [3.05, 3.63) is 23.8 Å². The van der Waals surface area contributed by atoms with E-state index in [1.165, 1.54) is 0 Å². The summed E-state index contributed by atoms with van der Waals surface area (Å²) in [5, 5.41) is 16.0. The van der Waals surface area contributed by atoms with Gasteiger partial charge in [0.05, 0.1) is 26.2 Å². The number of hydrogen-bond donors (Lipinski definition) is 3. The third kappa shape index (κ3) is 4.09. The molecular weight excluding hydrogens is 272 g/mol. The largest absolute Gasteiger partial charge is 0.493 e. The van der Waals surface area contributed by atoms with Crippen molar-refractivity contribution >= 4 is 5.91 Å². The number of carbonyl (C=O) groups excluding carboxylic acids is 1. The summed E-state index contributed by atoms with van der Waals surface area (Å²) in [5.74, 6) is 1.11. The normalized spacial score (nSPS) is 21.1. The van der Waals surface area contributed by atoms with E-state index in [1.54, 1.807) is 26.4 Å². The maximum Gasteiger partial charge on any atom is 0.224 e. The molecule has 21 heavy (non-hydrogen) atoms. The highest BCUT2D eigenvalue weighted by Crippen LogP contribution is 2.27. The molecule has 0 aliphatic carbocycles. The lowest BCUT2D eigenvalue weighted by Gasteiger charge is -2.21. The van der Waals surface area contributed by atoms with Crippen LogP contribution in [0, 0.1) is 0 Å². The van der Waals surface area contributed by atoms with Gasteiger partial charge in [-0.05, 0) is 30.7 Å². The van der Waals surface area contributed by atoms with Crippen molar-refractivity contribution in [2.45, 2.75) is 18.4 Å². The van der Waals surface area contributed by atoms with Gasteiger partial charge in [0.2, 0.25) is 5.91 Å². The van der Waals surface area contributed by atoms with Gasteiger partial charge < -0.3 is 25.2 Å². The zero-order valence-corrected chi connectivity index (χ0v) is 12.4. The Hall–Kier alpha value is -1.79. The van der Waals surface area contributed by atoms with E-state index >= 15 is 0 Å². The zero-order valence-electron chi connectivity index (χ0n) is 12.4. The first-order chi connectivity index (χ1) is 10.1. The predicted octanol–water partition coefficient (Wildman–Crippen LogP) is 0.0869. The summed E-state index contributed by atoms with van der Waals surface area (Å²) in [7, 11) is 3.13. The van der Waals surface area contributed by atoms with Crippen LogP contribution in [0.3, 0.4) is 0 Å². The number of benzene rings is 1. The maximum atomic E-state index is 12.0. The van der Waals surface area contributed by atoms with Gasteiger partial charge in [-0.3, -0.25) is 4.79 Å². The summed E-state index contributed by atoms with van der Waals surface area (Å²) in [6.07, 6.45) is 0.896. The third-order valence-corrected chi connectivity index (χ3v) is 3.65. The van der Waals surface area contributed by atoms with Crippen LogP contribution in [0.4, 0.5) is 0 Å². The van der Waals surface area contributed by atoms with Gasteiger partial charge in [0.1, 0.15) is 0 Å². The van der Waals surface area contributed by atoms with Gasteiger partial charge in [-0.25, -0.2) is 0 Å². The molecule has 0 spiro atoms. The van der Waals surface area contributed by atoms with Crippen LogP contribution in [0.5, 0.6) is 11.5 Å². The fraction of sp³-hybridized carbons (Fsp3) is 0.533. The molecule has 6 heteroatoms. The van der Waals surface area contributed by atoms with Gasteiger partial charge in [0.25, 0.3) is 0 Å². The first-order valence-corrected chi connectivity index (χ1v) is 6.97. The Kier molecular flexibility index (Phi) is 5.03. The molecule has 1 aromatic carbocycles. The van der Waals surface area contributed by atoms with E-state index < -0.39 is 5.60 Å². The second kappa shape index (κ2) is 6.78. The molecule has 0 radical (unpaired) electrons. The first-order valence-electron chi connectivity index (χ1n) is 6.97. The lowest BCUT2D eigenvalue weighted by molar-refractivity contribution is -0.121. The Morgan fingerprint density at radius 3 is 2.76 bits per heavy atom. The fourth-order valence-corrected chi connectivity index (χ4v) is 2.38. The summed E-state index contributed by atoms with van der Waals surface area (Å²) < 4.78 is 10.4. The Morgan fingerprint density at radius 2 is 2.14 bits per heavy atom. The minimum atomic E-state index is -0.826. The molecule has 1 aromatic rings. The number of methoxy groups -OCH3 is 2. The molecule has 1 fully saturated rings. The maximum absolute atomic E-state index is 12.0. The number of amides is 1. The van der Waals surface area contributed by atoms with Crippen LogP contribution in [0.15, 0.2) is 18.2 Å². The molecule has 3 N–H and O–H groups in total. The zero-order chi connectivity index (χ0) is 15.3. The Bertz CT molecular complexity index is 498. The molecule has 1 heterocycles. The van der Waals surface area contributed by atoms with Crippen molar-refractivity contribution in [1.82, 2.24) is 10.6 Å². The van der Waals surface area contributed by atoms with Gasteiger partial charge in [-0.2, -0.15) is 0 Å². The minimum absolute atomic E-state index is 0.123. The molecule has 6 nitrogen and oxygen atoms in total. The second-order valence-electron chi connectivity index (χ2n) is 5.29. The van der Waals surface area contributed by atoms with Crippen LogP contribution in [-0.4, -0.2) is 50.5 Å². The SMILES string of the molecule is COc1ccc(CC(=O)NCC2(O)CCNC2)cc1OC. The standard InChI is InChI=1S/C15H22N2O4/c1-20-12-4-3-11(7-13(12)21-2)8-14(18)17-10-15(19)5-6-16-9-15/h3-4,7,16,19H,5-6,8-10H2,1-2H3,(H,17,18). The van der Waals surface area contributed by atoms with Crippen LogP contribution >= 0.6 is 0 Å². The van der Waals surface area contributed by atoms with Crippen molar-refractivity contribution in [2.24, 2.45) is 0 Å². The number of carbonyl (C=O) groups is 1. The molecular formula is C15H22N2O4. The van der Waals surface area contributed by atoms with Crippen LogP contribution in [0.1, 0.15) is 12.0 Å². The number of ether oxygens (including phenoxy) is 2. The van der Waals surface area contributed by atoms with Crippen molar-refractivity contribution < 1.29 is 19.4 Å². The van der Waals surface area contributed by atoms with E-state index in [2.05, 4.69) is 10.6 Å². The van der Waals surface area contributed by atoms with E-state index in [4.69, 9.17) is 9.47 Å². The van der Waals surface area contributed by atoms with E-state index in [-0.39, 0.29) is 18.9 Å². The van der Waals surface area contributed by atoms with E-state index in [9.17, 15) is 9.90 Å². The van der Waals surface area contributed by atoms with Gasteiger partial charge in [-0.15, -0.1) is 0 Å². The second-order valence-corrected chi connectivity index (χ2v) is 5.29. The van der Waals surface area contributed by atoms with E-state index in [0.29, 0.717) is 24.5 Å². The van der Waals surface area contributed by atoms with E-state index in [0.717, 1.165) is 12.1 Å². The molecule has 0 bridgehead atoms. The molecule has 1 saturated heterocycles. The average Bonchev–Trinajstić information content (AvgIpc) is 2.92. The summed E-state index contributed by atoms with van der Waals surface area (Å²) in [6, 6.07) is 5.38. The molecule has 116 valence electrons.